The molecule has 0 fully saturated rings. The molecular formula is C25H33F3N6O4S2. The fourth-order valence-corrected chi connectivity index (χ4v) is 3.97. The molecule has 1 heterocycles. The molecule has 15 heteroatoms. The van der Waals surface area contributed by atoms with E-state index in [2.05, 4.69) is 21.0 Å². The van der Waals surface area contributed by atoms with Crippen molar-refractivity contribution >= 4 is 37.6 Å². The van der Waals surface area contributed by atoms with Crippen molar-refractivity contribution in [2.75, 3.05) is 30.4 Å². The fraction of sp³-hybridized carbons (Fsp3) is 0.320. The second-order valence-electron chi connectivity index (χ2n) is 8.34. The summed E-state index contributed by atoms with van der Waals surface area (Å²) < 4.78 is 78.2. The Morgan fingerprint density at radius 1 is 1.18 bits per heavy atom. The number of amidine groups is 1. The predicted molar refractivity (Wildman–Crippen MR) is 153 cm³/mol. The molecule has 0 aliphatic rings. The molecule has 0 atom stereocenters. The predicted octanol–water partition coefficient (Wildman–Crippen LogP) is 3.67. The van der Waals surface area contributed by atoms with Crippen LogP contribution in [0.1, 0.15) is 26.0 Å². The Kier molecular flexibility index (Phi) is 13.3. The smallest absolute Gasteiger partial charge is 0.342 e. The molecule has 220 valence electrons. The number of pyridine rings is 1. The third-order valence-electron chi connectivity index (χ3n) is 4.81. The standard InChI is InChI=1S/C23H29N5O4S2.C2H4F3N/c1-4-5-7-18(12-13-34(25,31)32)16-26-17(2)27-22-11-10-21(28-23(22)15-24)19-8-6-9-20(14-19)33(3,29)30;3-2(4,5)1-6/h5-12,14-15,24H,4,13,16H2,1-3H3,(H,26,27)(H2,25,31,32);1,6H2/b7-5-,18-12+,24-15?;. The van der Waals surface area contributed by atoms with E-state index in [-0.39, 0.29) is 17.2 Å². The van der Waals surface area contributed by atoms with Gasteiger partial charge in [-0.25, -0.2) is 27.0 Å². The number of alkyl halides is 3. The highest BCUT2D eigenvalue weighted by atomic mass is 32.2. The SMILES string of the molecule is CC/C=C\C(=C/CS(N)(=O)=O)CN=C(C)Nc1ccc(-c2cccc(S(C)(=O)=O)c2)nc1C=N.NCC(F)(F)F. The zero-order chi connectivity index (χ0) is 30.6. The number of nitrogens with zero attached hydrogens (tertiary/aromatic N) is 2. The number of hydrogen-bond acceptors (Lipinski definition) is 8. The molecule has 0 aliphatic heterocycles. The third-order valence-corrected chi connectivity index (χ3v) is 6.55. The topological polar surface area (TPSA) is 181 Å². The van der Waals surface area contributed by atoms with Crippen LogP contribution in [0.3, 0.4) is 0 Å². The number of allylic oxidation sites excluding steroid dienone is 1. The number of sulfonamides is 1. The minimum Gasteiger partial charge on any atom is -0.342 e. The van der Waals surface area contributed by atoms with Crippen molar-refractivity contribution < 1.29 is 30.0 Å². The highest BCUT2D eigenvalue weighted by Crippen LogP contribution is 2.24. The van der Waals surface area contributed by atoms with Crippen LogP contribution in [0.2, 0.25) is 0 Å². The van der Waals surface area contributed by atoms with Crippen LogP contribution in [-0.4, -0.2) is 65.1 Å². The van der Waals surface area contributed by atoms with Gasteiger partial charge in [-0.05, 0) is 43.2 Å². The minimum absolute atomic E-state index is 0.191. The Morgan fingerprint density at radius 3 is 2.35 bits per heavy atom. The molecule has 0 saturated heterocycles. The average Bonchev–Trinajstić information content (AvgIpc) is 2.87. The molecule has 0 saturated carbocycles. The number of nitrogens with one attached hydrogen (secondary N) is 2. The molecule has 2 aromatic rings. The normalized spacial score (nSPS) is 13.1. The van der Waals surface area contributed by atoms with E-state index >= 15 is 0 Å². The number of aromatic nitrogens is 1. The van der Waals surface area contributed by atoms with Crippen molar-refractivity contribution in [3.63, 3.8) is 0 Å². The van der Waals surface area contributed by atoms with Gasteiger partial charge in [-0.1, -0.05) is 37.3 Å². The van der Waals surface area contributed by atoms with Crippen molar-refractivity contribution in [3.05, 3.63) is 65.9 Å². The number of sulfone groups is 1. The van der Waals surface area contributed by atoms with E-state index in [4.69, 9.17) is 10.5 Å². The van der Waals surface area contributed by atoms with Gasteiger partial charge >= 0.3 is 6.18 Å². The monoisotopic (exact) mass is 602 g/mol. The molecule has 0 bridgehead atoms. The molecule has 2 rings (SSSR count). The first kappa shape index (κ1) is 34.6. The molecule has 1 aromatic carbocycles. The Hall–Kier alpha value is -3.40. The number of benzene rings is 1. The number of rotatable bonds is 10. The summed E-state index contributed by atoms with van der Waals surface area (Å²) in [5.74, 6) is 0.269. The summed E-state index contributed by atoms with van der Waals surface area (Å²) >= 11 is 0. The van der Waals surface area contributed by atoms with E-state index in [1.54, 1.807) is 37.3 Å². The van der Waals surface area contributed by atoms with Crippen LogP contribution in [0.25, 0.3) is 11.3 Å². The van der Waals surface area contributed by atoms with Gasteiger partial charge in [-0.2, -0.15) is 13.2 Å². The van der Waals surface area contributed by atoms with Gasteiger partial charge in [0.2, 0.25) is 10.0 Å². The van der Waals surface area contributed by atoms with E-state index in [1.807, 2.05) is 19.1 Å². The van der Waals surface area contributed by atoms with Crippen LogP contribution in [0.5, 0.6) is 0 Å². The van der Waals surface area contributed by atoms with E-state index in [9.17, 15) is 30.0 Å². The molecule has 6 N–H and O–H groups in total. The fourth-order valence-electron chi connectivity index (χ4n) is 2.86. The molecule has 1 aromatic heterocycles. The number of hydrogen-bond donors (Lipinski definition) is 4. The maximum Gasteiger partial charge on any atom is 0.400 e. The molecular weight excluding hydrogens is 569 g/mol. The Labute approximate surface area is 232 Å². The summed E-state index contributed by atoms with van der Waals surface area (Å²) in [6, 6.07) is 9.94. The van der Waals surface area contributed by atoms with Crippen molar-refractivity contribution in [3.8, 4) is 11.3 Å². The minimum atomic E-state index is -4.18. The van der Waals surface area contributed by atoms with Crippen LogP contribution in [-0.2, 0) is 19.9 Å². The number of aliphatic imine (C=N–C) groups is 1. The van der Waals surface area contributed by atoms with E-state index in [1.165, 1.54) is 12.1 Å². The number of halogens is 3. The lowest BCUT2D eigenvalue weighted by atomic mass is 10.1. The highest BCUT2D eigenvalue weighted by molar-refractivity contribution is 7.90. The molecule has 10 nitrogen and oxygen atoms in total. The van der Waals surface area contributed by atoms with Gasteiger partial charge in [-0.15, -0.1) is 0 Å². The Balaban J connectivity index is 0.00000120. The maximum absolute atomic E-state index is 11.8. The second kappa shape index (κ2) is 15.4. The first-order chi connectivity index (χ1) is 18.5. The number of anilines is 1. The second-order valence-corrected chi connectivity index (χ2v) is 12.0. The maximum atomic E-state index is 11.8. The zero-order valence-electron chi connectivity index (χ0n) is 22.2. The third kappa shape index (κ3) is 13.6. The van der Waals surface area contributed by atoms with E-state index in [0.717, 1.165) is 18.9 Å². The lowest BCUT2D eigenvalue weighted by Crippen LogP contribution is -2.21. The van der Waals surface area contributed by atoms with E-state index in [0.29, 0.717) is 34.0 Å². The van der Waals surface area contributed by atoms with Gasteiger partial charge in [-0.3, -0.25) is 4.99 Å². The first-order valence-electron chi connectivity index (χ1n) is 11.7. The van der Waals surface area contributed by atoms with Crippen LogP contribution < -0.4 is 16.2 Å². The van der Waals surface area contributed by atoms with Crippen LogP contribution in [0, 0.1) is 5.41 Å². The molecule has 0 amide bonds. The molecule has 40 heavy (non-hydrogen) atoms. The Morgan fingerprint density at radius 2 is 1.82 bits per heavy atom. The lowest BCUT2D eigenvalue weighted by molar-refractivity contribution is -0.118. The molecule has 0 radical (unpaired) electrons. The van der Waals surface area contributed by atoms with Gasteiger partial charge < -0.3 is 16.5 Å². The summed E-state index contributed by atoms with van der Waals surface area (Å²) in [7, 11) is -6.97. The van der Waals surface area contributed by atoms with E-state index < -0.39 is 32.6 Å². The average molecular weight is 603 g/mol. The van der Waals surface area contributed by atoms with Crippen LogP contribution in [0.4, 0.5) is 18.9 Å². The quantitative estimate of drug-likeness (QED) is 0.182. The van der Waals surface area contributed by atoms with Crippen molar-refractivity contribution in [1.82, 2.24) is 4.98 Å². The number of nitrogens with two attached hydrogens (primary N) is 2. The summed E-state index contributed by atoms with van der Waals surface area (Å²) in [6.45, 7) is 2.73. The summed E-state index contributed by atoms with van der Waals surface area (Å²) in [5, 5.41) is 15.9. The molecule has 0 aliphatic carbocycles. The van der Waals surface area contributed by atoms with Crippen LogP contribution in [0.15, 0.2) is 70.1 Å². The van der Waals surface area contributed by atoms with Gasteiger partial charge in [0.25, 0.3) is 0 Å². The molecule has 0 unspecified atom stereocenters. The van der Waals surface area contributed by atoms with Gasteiger partial charge in [0.15, 0.2) is 9.84 Å². The Bertz CT molecular complexity index is 1470. The zero-order valence-corrected chi connectivity index (χ0v) is 23.9. The summed E-state index contributed by atoms with van der Waals surface area (Å²) in [6.07, 6.45) is 4.10. The first-order valence-corrected chi connectivity index (χ1v) is 15.3. The molecule has 0 spiro atoms. The van der Waals surface area contributed by atoms with Gasteiger partial charge in [0.05, 0.1) is 41.0 Å². The highest BCUT2D eigenvalue weighted by Gasteiger charge is 2.23. The van der Waals surface area contributed by atoms with Crippen molar-refractivity contribution in [2.45, 2.75) is 31.3 Å². The summed E-state index contributed by atoms with van der Waals surface area (Å²) in [4.78, 5) is 9.11. The van der Waals surface area contributed by atoms with Crippen molar-refractivity contribution in [2.24, 2.45) is 15.9 Å². The number of primary sulfonamides is 1. The van der Waals surface area contributed by atoms with Crippen LogP contribution >= 0.6 is 0 Å². The lowest BCUT2D eigenvalue weighted by Gasteiger charge is -2.11. The van der Waals surface area contributed by atoms with Gasteiger partial charge in [0, 0.05) is 18.0 Å². The van der Waals surface area contributed by atoms with Crippen molar-refractivity contribution in [1.29, 1.82) is 5.41 Å². The van der Waals surface area contributed by atoms with Gasteiger partial charge in [0.1, 0.15) is 5.69 Å². The largest absolute Gasteiger partial charge is 0.400 e. The summed E-state index contributed by atoms with van der Waals surface area (Å²) in [5.41, 5.74) is 6.95.